The van der Waals surface area contributed by atoms with Crippen LogP contribution >= 0.6 is 0 Å². The number of hydrogen-bond donors (Lipinski definition) is 2. The van der Waals surface area contributed by atoms with Gasteiger partial charge in [-0.3, -0.25) is 28.9 Å². The molecule has 1 saturated carbocycles. The number of alkyl halides is 3. The summed E-state index contributed by atoms with van der Waals surface area (Å²) < 4.78 is 50.5. The number of aromatic nitrogens is 1. The molecule has 1 aliphatic carbocycles. The Morgan fingerprint density at radius 3 is 2.48 bits per heavy atom. The highest BCUT2D eigenvalue weighted by molar-refractivity contribution is 6.23. The first-order valence-electron chi connectivity index (χ1n) is 19.2. The number of imide groups is 1. The van der Waals surface area contributed by atoms with Crippen molar-refractivity contribution >= 4 is 35.6 Å². The molecule has 0 radical (unpaired) electrons. The van der Waals surface area contributed by atoms with Crippen LogP contribution < -0.4 is 20.1 Å². The van der Waals surface area contributed by atoms with Crippen molar-refractivity contribution in [3.05, 3.63) is 107 Å². The molecule has 1 saturated heterocycles. The van der Waals surface area contributed by atoms with Gasteiger partial charge in [-0.25, -0.2) is 4.98 Å². The van der Waals surface area contributed by atoms with E-state index in [4.69, 9.17) is 9.47 Å². The lowest BCUT2D eigenvalue weighted by atomic mass is 9.81. The number of nitrogens with zero attached hydrogens (tertiary/aromatic N) is 3. The van der Waals surface area contributed by atoms with Gasteiger partial charge in [0.15, 0.2) is 0 Å². The Hall–Kier alpha value is -5.99. The molecular weight excluding hydrogens is 755 g/mol. The third-order valence-electron chi connectivity index (χ3n) is 10.8. The summed E-state index contributed by atoms with van der Waals surface area (Å²) >= 11 is 0. The summed E-state index contributed by atoms with van der Waals surface area (Å²) in [5.41, 5.74) is 3.24. The Kier molecular flexibility index (Phi) is 13.0. The van der Waals surface area contributed by atoms with E-state index in [-0.39, 0.29) is 61.1 Å². The van der Waals surface area contributed by atoms with E-state index in [0.717, 1.165) is 16.0 Å². The van der Waals surface area contributed by atoms with E-state index in [0.29, 0.717) is 61.4 Å². The van der Waals surface area contributed by atoms with E-state index in [2.05, 4.69) is 22.2 Å². The number of benzene rings is 2. The Morgan fingerprint density at radius 2 is 1.76 bits per heavy atom. The van der Waals surface area contributed by atoms with Crippen LogP contribution in [0.15, 0.2) is 73.1 Å². The van der Waals surface area contributed by atoms with Gasteiger partial charge in [0.25, 0.3) is 17.7 Å². The number of fused-ring (bicyclic) bond motifs is 1. The number of amides is 5. The number of nitrogens with one attached hydrogen (secondary N) is 2. The molecule has 2 fully saturated rings. The maximum atomic E-state index is 13.1. The largest absolute Gasteiger partial charge is 0.495 e. The average molecular weight is 802 g/mol. The van der Waals surface area contributed by atoms with Crippen LogP contribution in [0.25, 0.3) is 6.08 Å². The molecule has 3 heterocycles. The smallest absolute Gasteiger partial charge is 0.391 e. The number of carbonyl (C=O) groups excluding carboxylic acids is 5. The zero-order valence-corrected chi connectivity index (χ0v) is 32.4. The van der Waals surface area contributed by atoms with Crippen LogP contribution in [0.5, 0.6) is 11.5 Å². The summed E-state index contributed by atoms with van der Waals surface area (Å²) in [6.07, 6.45) is 3.41. The Morgan fingerprint density at radius 1 is 1.02 bits per heavy atom. The highest BCUT2D eigenvalue weighted by Crippen LogP contribution is 2.40. The van der Waals surface area contributed by atoms with Gasteiger partial charge in [0.2, 0.25) is 11.8 Å². The number of piperidine rings is 1. The van der Waals surface area contributed by atoms with Gasteiger partial charge in [-0.2, -0.15) is 13.2 Å². The molecule has 5 amide bonds. The van der Waals surface area contributed by atoms with Crippen molar-refractivity contribution < 1.29 is 46.6 Å². The fourth-order valence-electron chi connectivity index (χ4n) is 7.43. The van der Waals surface area contributed by atoms with Crippen molar-refractivity contribution in [1.82, 2.24) is 25.4 Å². The molecular formula is C43H46F3N5O7. The van der Waals surface area contributed by atoms with Crippen LogP contribution in [-0.2, 0) is 22.6 Å². The van der Waals surface area contributed by atoms with E-state index >= 15 is 0 Å². The standard InChI is InChI=1S/C43H46F3N5O7/c1-26-8-17-36(40(54)49-26)51-41(55)33-16-15-32(23-34(33)42(51)56)58-19-5-18-50(2)38(52)21-28-6-4-7-29(20-28)24-48-39(53)35-22-30(37(57-3)25-47-35)12-9-27-10-13-31(14-11-27)43(44,45)46/h4,6-7,9,12,15-16,20,22-23,25,27,31,36H,1,5,8,10-11,13-14,17-19,21,24H2,2-3H3,(H,48,53)(H,49,54)/b12-9+. The highest BCUT2D eigenvalue weighted by atomic mass is 19.4. The highest BCUT2D eigenvalue weighted by Gasteiger charge is 2.44. The minimum absolute atomic E-state index is 0.000956. The molecule has 2 aromatic carbocycles. The Bertz CT molecular complexity index is 2110. The minimum Gasteiger partial charge on any atom is -0.495 e. The van der Waals surface area contributed by atoms with Crippen molar-refractivity contribution in [2.45, 2.75) is 70.1 Å². The molecule has 306 valence electrons. The van der Waals surface area contributed by atoms with Gasteiger partial charge in [-0.1, -0.05) is 43.0 Å². The molecule has 3 aliphatic rings. The first-order chi connectivity index (χ1) is 27.7. The second kappa shape index (κ2) is 18.1. The summed E-state index contributed by atoms with van der Waals surface area (Å²) in [5, 5.41) is 5.47. The Balaban J connectivity index is 0.948. The zero-order valence-electron chi connectivity index (χ0n) is 32.4. The maximum absolute atomic E-state index is 13.1. The molecule has 0 spiro atoms. The van der Waals surface area contributed by atoms with Gasteiger partial charge in [0.05, 0.1) is 43.4 Å². The summed E-state index contributed by atoms with van der Waals surface area (Å²) in [6, 6.07) is 12.6. The van der Waals surface area contributed by atoms with Crippen LogP contribution in [0.2, 0.25) is 0 Å². The molecule has 1 unspecified atom stereocenters. The lowest BCUT2D eigenvalue weighted by molar-refractivity contribution is -0.183. The number of halogens is 3. The van der Waals surface area contributed by atoms with Crippen molar-refractivity contribution in [3.63, 3.8) is 0 Å². The van der Waals surface area contributed by atoms with Gasteiger partial charge in [0.1, 0.15) is 23.2 Å². The van der Waals surface area contributed by atoms with Crippen LogP contribution in [0.3, 0.4) is 0 Å². The fraction of sp³-hybridized carbons (Fsp3) is 0.395. The van der Waals surface area contributed by atoms with Crippen molar-refractivity contribution in [2.24, 2.45) is 11.8 Å². The normalized spacial score (nSPS) is 19.5. The van der Waals surface area contributed by atoms with E-state index in [9.17, 15) is 37.1 Å². The molecule has 1 atom stereocenters. The number of ether oxygens (including phenoxy) is 2. The van der Waals surface area contributed by atoms with Crippen LogP contribution in [0, 0.1) is 11.8 Å². The molecule has 2 N–H and O–H groups in total. The van der Waals surface area contributed by atoms with E-state index in [1.807, 2.05) is 30.3 Å². The molecule has 3 aromatic rings. The van der Waals surface area contributed by atoms with Gasteiger partial charge in [0, 0.05) is 31.4 Å². The first kappa shape index (κ1) is 41.6. The lowest BCUT2D eigenvalue weighted by Crippen LogP contribution is -2.51. The van der Waals surface area contributed by atoms with Crippen molar-refractivity contribution in [3.8, 4) is 11.5 Å². The van der Waals surface area contributed by atoms with Gasteiger partial charge in [-0.05, 0) is 86.3 Å². The number of rotatable bonds is 14. The molecule has 58 heavy (non-hydrogen) atoms. The fourth-order valence-corrected chi connectivity index (χ4v) is 7.43. The monoisotopic (exact) mass is 801 g/mol. The number of allylic oxidation sites excluding steroid dienone is 2. The number of hydrogen-bond acceptors (Lipinski definition) is 8. The minimum atomic E-state index is -4.16. The first-order valence-corrected chi connectivity index (χ1v) is 19.2. The number of pyridine rings is 1. The zero-order chi connectivity index (χ0) is 41.6. The molecule has 15 heteroatoms. The van der Waals surface area contributed by atoms with E-state index in [1.54, 1.807) is 30.2 Å². The average Bonchev–Trinajstić information content (AvgIpc) is 3.45. The number of likely N-dealkylation sites (N-methyl/N-ethyl adjacent to an activating group) is 1. The molecule has 6 rings (SSSR count). The van der Waals surface area contributed by atoms with Crippen LogP contribution in [-0.4, -0.2) is 83.8 Å². The second-order valence-corrected chi connectivity index (χ2v) is 14.9. The maximum Gasteiger partial charge on any atom is 0.391 e. The molecule has 2 aliphatic heterocycles. The van der Waals surface area contributed by atoms with Crippen molar-refractivity contribution in [2.75, 3.05) is 27.3 Å². The predicted octanol–water partition coefficient (Wildman–Crippen LogP) is 6.26. The van der Waals surface area contributed by atoms with Gasteiger partial charge < -0.3 is 25.0 Å². The summed E-state index contributed by atoms with van der Waals surface area (Å²) in [7, 11) is 3.17. The van der Waals surface area contributed by atoms with Crippen LogP contribution in [0.1, 0.15) is 92.8 Å². The quantitative estimate of drug-likeness (QED) is 0.144. The Labute approximate surface area is 334 Å². The summed E-state index contributed by atoms with van der Waals surface area (Å²) in [5.74, 6) is -2.46. The predicted molar refractivity (Wildman–Crippen MR) is 208 cm³/mol. The molecule has 12 nitrogen and oxygen atoms in total. The number of carbonyl (C=O) groups is 5. The summed E-state index contributed by atoms with van der Waals surface area (Å²) in [4.78, 5) is 71.6. The summed E-state index contributed by atoms with van der Waals surface area (Å²) in [6.45, 7) is 4.57. The van der Waals surface area contributed by atoms with Crippen molar-refractivity contribution in [1.29, 1.82) is 0 Å². The van der Waals surface area contributed by atoms with Crippen LogP contribution in [0.4, 0.5) is 13.2 Å². The topological polar surface area (TPSA) is 147 Å². The van der Waals surface area contributed by atoms with Gasteiger partial charge in [-0.15, -0.1) is 0 Å². The SMILES string of the molecule is C=C1CCC(N2C(=O)c3ccc(OCCCN(C)C(=O)Cc4cccc(CNC(=O)c5cc(/C=C/C6CCC(C(F)(F)F)CC6)c(OC)cn5)c4)cc3C2=O)C(=O)N1. The van der Waals surface area contributed by atoms with Gasteiger partial charge >= 0.3 is 6.18 Å². The lowest BCUT2D eigenvalue weighted by Gasteiger charge is -2.29. The van der Waals surface area contributed by atoms with E-state index in [1.165, 1.54) is 25.4 Å². The third-order valence-corrected chi connectivity index (χ3v) is 10.8. The molecule has 1 aromatic heterocycles. The second-order valence-electron chi connectivity index (χ2n) is 14.9. The van der Waals surface area contributed by atoms with E-state index < -0.39 is 41.8 Å². The number of methoxy groups -OCH3 is 1. The third kappa shape index (κ3) is 9.93. The molecule has 0 bridgehead atoms.